The van der Waals surface area contributed by atoms with Gasteiger partial charge in [0.2, 0.25) is 5.91 Å². The first-order valence-electron chi connectivity index (χ1n) is 7.76. The first kappa shape index (κ1) is 16.4. The standard InChI is InChI=1S/C16H23N3O3/c1-11(12-6-4-7-14(9-12)19(21)22)18-16(20)10-13-5-2-3-8-15(13)17/h4,6-7,9,11,13,15H,2-3,5,8,10,17H2,1H3,(H,18,20). The number of benzene rings is 1. The molecule has 6 nitrogen and oxygen atoms in total. The highest BCUT2D eigenvalue weighted by atomic mass is 16.6. The monoisotopic (exact) mass is 305 g/mol. The second-order valence-electron chi connectivity index (χ2n) is 6.05. The molecule has 22 heavy (non-hydrogen) atoms. The van der Waals surface area contributed by atoms with Gasteiger partial charge in [-0.25, -0.2) is 0 Å². The molecule has 1 aromatic rings. The molecular weight excluding hydrogens is 282 g/mol. The summed E-state index contributed by atoms with van der Waals surface area (Å²) in [4.78, 5) is 22.5. The van der Waals surface area contributed by atoms with Crippen molar-refractivity contribution in [1.82, 2.24) is 5.32 Å². The highest BCUT2D eigenvalue weighted by Crippen LogP contribution is 2.26. The lowest BCUT2D eigenvalue weighted by atomic mass is 9.83. The Morgan fingerprint density at radius 3 is 2.86 bits per heavy atom. The lowest BCUT2D eigenvalue weighted by Gasteiger charge is -2.28. The number of nitrogens with zero attached hydrogens (tertiary/aromatic N) is 1. The number of nitrogens with one attached hydrogen (secondary N) is 1. The van der Waals surface area contributed by atoms with Crippen LogP contribution in [0, 0.1) is 16.0 Å². The van der Waals surface area contributed by atoms with Crippen LogP contribution in [0.3, 0.4) is 0 Å². The maximum Gasteiger partial charge on any atom is 0.269 e. The summed E-state index contributed by atoms with van der Waals surface area (Å²) in [6.45, 7) is 1.83. The van der Waals surface area contributed by atoms with Gasteiger partial charge in [-0.15, -0.1) is 0 Å². The molecule has 0 bridgehead atoms. The van der Waals surface area contributed by atoms with E-state index in [0.29, 0.717) is 6.42 Å². The minimum Gasteiger partial charge on any atom is -0.350 e. The van der Waals surface area contributed by atoms with Gasteiger partial charge >= 0.3 is 0 Å². The Morgan fingerprint density at radius 2 is 2.18 bits per heavy atom. The van der Waals surface area contributed by atoms with Gasteiger partial charge in [-0.2, -0.15) is 0 Å². The van der Waals surface area contributed by atoms with Gasteiger partial charge in [0.05, 0.1) is 11.0 Å². The Kier molecular flexibility index (Phi) is 5.49. The summed E-state index contributed by atoms with van der Waals surface area (Å²) in [6.07, 6.45) is 4.69. The molecule has 1 amide bonds. The van der Waals surface area contributed by atoms with E-state index in [9.17, 15) is 14.9 Å². The van der Waals surface area contributed by atoms with Crippen LogP contribution < -0.4 is 11.1 Å². The van der Waals surface area contributed by atoms with Crippen LogP contribution in [0.5, 0.6) is 0 Å². The van der Waals surface area contributed by atoms with Gasteiger partial charge in [0.25, 0.3) is 5.69 Å². The first-order valence-corrected chi connectivity index (χ1v) is 7.76. The summed E-state index contributed by atoms with van der Waals surface area (Å²) in [5, 5.41) is 13.7. The molecule has 0 aromatic heterocycles. The zero-order valence-electron chi connectivity index (χ0n) is 12.8. The molecule has 1 aliphatic rings. The number of nitro groups is 1. The molecule has 2 rings (SSSR count). The maximum atomic E-state index is 12.2. The Labute approximate surface area is 130 Å². The van der Waals surface area contributed by atoms with Gasteiger partial charge in [-0.1, -0.05) is 25.0 Å². The smallest absolute Gasteiger partial charge is 0.269 e. The van der Waals surface area contributed by atoms with Gasteiger partial charge in [-0.3, -0.25) is 14.9 Å². The zero-order valence-corrected chi connectivity index (χ0v) is 12.8. The topological polar surface area (TPSA) is 98.3 Å². The zero-order chi connectivity index (χ0) is 16.1. The average Bonchev–Trinajstić information content (AvgIpc) is 2.49. The van der Waals surface area contributed by atoms with E-state index in [-0.39, 0.29) is 29.6 Å². The largest absolute Gasteiger partial charge is 0.350 e. The molecular formula is C16H23N3O3. The van der Waals surface area contributed by atoms with E-state index < -0.39 is 4.92 Å². The van der Waals surface area contributed by atoms with Crippen LogP contribution >= 0.6 is 0 Å². The van der Waals surface area contributed by atoms with Crippen LogP contribution in [0.25, 0.3) is 0 Å². The van der Waals surface area contributed by atoms with Crippen molar-refractivity contribution >= 4 is 11.6 Å². The average molecular weight is 305 g/mol. The molecule has 1 aromatic carbocycles. The number of hydrogen-bond acceptors (Lipinski definition) is 4. The predicted molar refractivity (Wildman–Crippen MR) is 84.2 cm³/mol. The van der Waals surface area contributed by atoms with Gasteiger partial charge in [0, 0.05) is 24.6 Å². The molecule has 1 saturated carbocycles. The molecule has 3 N–H and O–H groups in total. The van der Waals surface area contributed by atoms with E-state index in [1.165, 1.54) is 12.1 Å². The summed E-state index contributed by atoms with van der Waals surface area (Å²) in [6, 6.07) is 6.20. The number of carbonyl (C=O) groups is 1. The van der Waals surface area contributed by atoms with E-state index in [0.717, 1.165) is 31.2 Å². The fourth-order valence-electron chi connectivity index (χ4n) is 3.02. The fourth-order valence-corrected chi connectivity index (χ4v) is 3.02. The Bertz CT molecular complexity index is 547. The molecule has 6 heteroatoms. The molecule has 1 aliphatic carbocycles. The highest BCUT2D eigenvalue weighted by molar-refractivity contribution is 5.76. The van der Waals surface area contributed by atoms with Crippen LogP contribution in [-0.4, -0.2) is 16.9 Å². The first-order chi connectivity index (χ1) is 10.5. The van der Waals surface area contributed by atoms with Crippen molar-refractivity contribution in [2.24, 2.45) is 11.7 Å². The second kappa shape index (κ2) is 7.35. The fraction of sp³-hybridized carbons (Fsp3) is 0.562. The van der Waals surface area contributed by atoms with Crippen molar-refractivity contribution in [3.05, 3.63) is 39.9 Å². The van der Waals surface area contributed by atoms with Crippen molar-refractivity contribution in [3.63, 3.8) is 0 Å². The van der Waals surface area contributed by atoms with Gasteiger partial charge in [-0.05, 0) is 31.2 Å². The third-order valence-electron chi connectivity index (χ3n) is 4.37. The van der Waals surface area contributed by atoms with Crippen molar-refractivity contribution in [2.75, 3.05) is 0 Å². The minimum atomic E-state index is -0.431. The lowest BCUT2D eigenvalue weighted by Crippen LogP contribution is -2.37. The number of rotatable bonds is 5. The van der Waals surface area contributed by atoms with Gasteiger partial charge in [0.1, 0.15) is 0 Å². The van der Waals surface area contributed by atoms with E-state index in [1.54, 1.807) is 12.1 Å². The van der Waals surface area contributed by atoms with Crippen LogP contribution in [0.1, 0.15) is 50.6 Å². The highest BCUT2D eigenvalue weighted by Gasteiger charge is 2.24. The Hall–Kier alpha value is -1.95. The predicted octanol–water partition coefficient (Wildman–Crippen LogP) is 2.68. The number of carbonyl (C=O) groups excluding carboxylic acids is 1. The maximum absolute atomic E-state index is 12.2. The number of non-ortho nitro benzene ring substituents is 1. The van der Waals surface area contributed by atoms with E-state index in [1.807, 2.05) is 6.92 Å². The molecule has 0 aliphatic heterocycles. The van der Waals surface area contributed by atoms with Crippen LogP contribution in [0.15, 0.2) is 24.3 Å². The summed E-state index contributed by atoms with van der Waals surface area (Å²) in [5.74, 6) is 0.201. The second-order valence-corrected chi connectivity index (χ2v) is 6.05. The van der Waals surface area contributed by atoms with Gasteiger partial charge in [0.15, 0.2) is 0 Å². The summed E-state index contributed by atoms with van der Waals surface area (Å²) in [7, 11) is 0. The molecule has 3 unspecified atom stereocenters. The number of amides is 1. The van der Waals surface area contributed by atoms with Crippen molar-refractivity contribution in [2.45, 2.75) is 51.1 Å². The third kappa shape index (κ3) is 4.27. The van der Waals surface area contributed by atoms with Crippen molar-refractivity contribution < 1.29 is 9.72 Å². The number of nitro benzene ring substituents is 1. The van der Waals surface area contributed by atoms with E-state index in [4.69, 9.17) is 5.73 Å². The third-order valence-corrected chi connectivity index (χ3v) is 4.37. The molecule has 0 heterocycles. The Morgan fingerprint density at radius 1 is 1.45 bits per heavy atom. The van der Waals surface area contributed by atoms with Crippen LogP contribution in [0.4, 0.5) is 5.69 Å². The molecule has 1 fully saturated rings. The summed E-state index contributed by atoms with van der Waals surface area (Å²) in [5.41, 5.74) is 6.83. The normalized spacial score (nSPS) is 22.8. The van der Waals surface area contributed by atoms with Crippen LogP contribution in [-0.2, 0) is 4.79 Å². The lowest BCUT2D eigenvalue weighted by molar-refractivity contribution is -0.384. The molecule has 3 atom stereocenters. The molecule has 0 saturated heterocycles. The van der Waals surface area contributed by atoms with E-state index >= 15 is 0 Å². The van der Waals surface area contributed by atoms with Gasteiger partial charge < -0.3 is 11.1 Å². The van der Waals surface area contributed by atoms with E-state index in [2.05, 4.69) is 5.32 Å². The molecule has 0 radical (unpaired) electrons. The SMILES string of the molecule is CC(NC(=O)CC1CCCCC1N)c1cccc([N+](=O)[O-])c1. The molecule has 120 valence electrons. The quantitative estimate of drug-likeness (QED) is 0.645. The van der Waals surface area contributed by atoms with Crippen molar-refractivity contribution in [1.29, 1.82) is 0 Å². The summed E-state index contributed by atoms with van der Waals surface area (Å²) < 4.78 is 0. The Balaban J connectivity index is 1.93. The number of hydrogen-bond donors (Lipinski definition) is 2. The van der Waals surface area contributed by atoms with Crippen molar-refractivity contribution in [3.8, 4) is 0 Å². The van der Waals surface area contributed by atoms with Crippen LogP contribution in [0.2, 0.25) is 0 Å². The molecule has 0 spiro atoms. The number of nitrogens with two attached hydrogens (primary N) is 1. The summed E-state index contributed by atoms with van der Waals surface area (Å²) >= 11 is 0. The minimum absolute atomic E-state index is 0.0351.